The van der Waals surface area contributed by atoms with Crippen LogP contribution in [0.1, 0.15) is 41.0 Å². The molecule has 1 saturated heterocycles. The highest BCUT2D eigenvalue weighted by molar-refractivity contribution is 6.01. The van der Waals surface area contributed by atoms with E-state index in [4.69, 9.17) is 4.74 Å². The number of amides is 2. The first kappa shape index (κ1) is 19.7. The van der Waals surface area contributed by atoms with Crippen LogP contribution in [0.4, 0.5) is 4.79 Å². The Hall–Kier alpha value is -1.63. The third-order valence-corrected chi connectivity index (χ3v) is 1.97. The van der Waals surface area contributed by atoms with E-state index in [0.717, 1.165) is 6.42 Å². The van der Waals surface area contributed by atoms with Crippen LogP contribution in [0.5, 0.6) is 0 Å². The summed E-state index contributed by atoms with van der Waals surface area (Å²) in [5.74, 6) is -1.07. The molecule has 1 rings (SSSR count). The average Bonchev–Trinajstić information content (AvgIpc) is 2.60. The molecule has 0 atom stereocenters. The van der Waals surface area contributed by atoms with E-state index in [1.54, 1.807) is 0 Å². The predicted molar refractivity (Wildman–Crippen MR) is 68.1 cm³/mol. The summed E-state index contributed by atoms with van der Waals surface area (Å²) in [4.78, 5) is 37.7. The average molecular weight is 277 g/mol. The topological polar surface area (TPSA) is 82.1 Å². The predicted octanol–water partition coefficient (Wildman–Crippen LogP) is 1.90. The van der Waals surface area contributed by atoms with Crippen molar-refractivity contribution in [3.8, 4) is 0 Å². The monoisotopic (exact) mass is 277 g/mol. The molecular weight excluding hydrogens is 254 g/mol. The van der Waals surface area contributed by atoms with Crippen molar-refractivity contribution in [1.82, 2.24) is 5.06 Å². The molecule has 1 aliphatic heterocycles. The summed E-state index contributed by atoms with van der Waals surface area (Å²) in [6.07, 6.45) is -0.0766. The van der Waals surface area contributed by atoms with Gasteiger partial charge in [0.05, 0.1) is 6.61 Å². The maximum Gasteiger partial charge on any atom is 0.534 e. The van der Waals surface area contributed by atoms with E-state index >= 15 is 0 Å². The van der Waals surface area contributed by atoms with Crippen LogP contribution in [-0.4, -0.2) is 42.9 Å². The van der Waals surface area contributed by atoms with Gasteiger partial charge in [0.2, 0.25) is 0 Å². The van der Waals surface area contributed by atoms with Crippen LogP contribution in [-0.2, 0) is 23.9 Å². The van der Waals surface area contributed by atoms with E-state index in [1.165, 1.54) is 0 Å². The van der Waals surface area contributed by atoms with Gasteiger partial charge in [0, 0.05) is 19.4 Å². The van der Waals surface area contributed by atoms with Gasteiger partial charge in [-0.25, -0.2) is 4.79 Å². The summed E-state index contributed by atoms with van der Waals surface area (Å²) >= 11 is 0. The lowest BCUT2D eigenvalue weighted by Crippen LogP contribution is -2.32. The maximum atomic E-state index is 11.1. The molecule has 1 heterocycles. The van der Waals surface area contributed by atoms with E-state index in [9.17, 15) is 14.4 Å². The first-order chi connectivity index (χ1) is 8.15. The molecule has 0 unspecified atom stereocenters. The number of carbonyl (C=O) groups excluding carboxylic acids is 3. The van der Waals surface area contributed by atoms with E-state index in [0.29, 0.717) is 11.7 Å². The molecule has 0 aromatic carbocycles. The molecule has 0 aromatic heterocycles. The van der Waals surface area contributed by atoms with Crippen molar-refractivity contribution in [3.05, 3.63) is 0 Å². The van der Waals surface area contributed by atoms with E-state index in [2.05, 4.69) is 9.57 Å². The summed E-state index contributed by atoms with van der Waals surface area (Å²) < 4.78 is 9.68. The fourth-order valence-corrected chi connectivity index (χ4v) is 1.19. The minimum atomic E-state index is -1.08. The van der Waals surface area contributed by atoms with Crippen molar-refractivity contribution in [2.24, 2.45) is 0 Å². The van der Waals surface area contributed by atoms with Crippen LogP contribution >= 0.6 is 0 Å². The Morgan fingerprint density at radius 3 is 2.21 bits per heavy atom. The SMILES string of the molecule is C.C.CCCOCCOC(=O)ON1C(=O)CCC1=O. The third kappa shape index (κ3) is 6.76. The van der Waals surface area contributed by atoms with E-state index in [1.807, 2.05) is 6.92 Å². The zero-order valence-corrected chi connectivity index (χ0v) is 9.64. The Kier molecular flexibility index (Phi) is 10.7. The highest BCUT2D eigenvalue weighted by Crippen LogP contribution is 2.12. The molecule has 0 N–H and O–H groups in total. The largest absolute Gasteiger partial charge is 0.534 e. The molecule has 0 radical (unpaired) electrons. The Morgan fingerprint density at radius 1 is 1.11 bits per heavy atom. The Labute approximate surface area is 113 Å². The molecule has 7 heteroatoms. The second kappa shape index (κ2) is 10.3. The molecule has 112 valence electrons. The van der Waals surface area contributed by atoms with Crippen molar-refractivity contribution in [2.45, 2.75) is 41.0 Å². The lowest BCUT2D eigenvalue weighted by atomic mass is 10.4. The fourth-order valence-electron chi connectivity index (χ4n) is 1.19. The molecule has 0 bridgehead atoms. The minimum Gasteiger partial charge on any atom is -0.430 e. The van der Waals surface area contributed by atoms with Crippen LogP contribution in [0.15, 0.2) is 0 Å². The number of imide groups is 1. The van der Waals surface area contributed by atoms with Gasteiger partial charge in [0.1, 0.15) is 6.61 Å². The molecule has 2 amide bonds. The standard InChI is InChI=1S/C10H15NO6.2CH4/c1-2-5-15-6-7-16-10(14)17-11-8(12)3-4-9(11)13;;/h2-7H2,1H3;2*1H4. The van der Waals surface area contributed by atoms with Gasteiger partial charge in [-0.15, -0.1) is 0 Å². The number of hydrogen-bond acceptors (Lipinski definition) is 6. The van der Waals surface area contributed by atoms with Crippen LogP contribution < -0.4 is 0 Å². The van der Waals surface area contributed by atoms with Crippen molar-refractivity contribution >= 4 is 18.0 Å². The third-order valence-electron chi connectivity index (χ3n) is 1.97. The summed E-state index contributed by atoms with van der Waals surface area (Å²) in [6.45, 7) is 2.82. The molecule has 19 heavy (non-hydrogen) atoms. The first-order valence-electron chi connectivity index (χ1n) is 5.43. The molecular formula is C12H23NO6. The maximum absolute atomic E-state index is 11.1. The zero-order chi connectivity index (χ0) is 12.7. The van der Waals surface area contributed by atoms with E-state index < -0.39 is 18.0 Å². The first-order valence-corrected chi connectivity index (χ1v) is 5.43. The lowest BCUT2D eigenvalue weighted by Gasteiger charge is -2.12. The number of hydrogen-bond donors (Lipinski definition) is 0. The van der Waals surface area contributed by atoms with Crippen LogP contribution in [0.25, 0.3) is 0 Å². The summed E-state index contributed by atoms with van der Waals surface area (Å²) in [7, 11) is 0. The number of nitrogens with zero attached hydrogens (tertiary/aromatic N) is 1. The van der Waals surface area contributed by atoms with E-state index in [-0.39, 0.29) is 40.9 Å². The van der Waals surface area contributed by atoms with Crippen molar-refractivity contribution in [3.63, 3.8) is 0 Å². The quantitative estimate of drug-likeness (QED) is 0.419. The highest BCUT2D eigenvalue weighted by atomic mass is 16.8. The molecule has 1 fully saturated rings. The molecule has 0 spiro atoms. The van der Waals surface area contributed by atoms with Crippen LogP contribution in [0, 0.1) is 0 Å². The van der Waals surface area contributed by atoms with Gasteiger partial charge < -0.3 is 9.47 Å². The van der Waals surface area contributed by atoms with Gasteiger partial charge >= 0.3 is 6.16 Å². The number of hydroxylamine groups is 2. The van der Waals surface area contributed by atoms with Crippen molar-refractivity contribution < 1.29 is 28.7 Å². The smallest absolute Gasteiger partial charge is 0.430 e. The molecule has 0 aromatic rings. The zero-order valence-electron chi connectivity index (χ0n) is 9.64. The van der Waals surface area contributed by atoms with Gasteiger partial charge in [0.15, 0.2) is 0 Å². The van der Waals surface area contributed by atoms with Crippen LogP contribution in [0.3, 0.4) is 0 Å². The second-order valence-electron chi connectivity index (χ2n) is 3.38. The summed E-state index contributed by atoms with van der Waals surface area (Å²) in [6, 6.07) is 0. The Morgan fingerprint density at radius 2 is 1.68 bits per heavy atom. The van der Waals surface area contributed by atoms with Gasteiger partial charge in [-0.1, -0.05) is 26.8 Å². The van der Waals surface area contributed by atoms with Gasteiger partial charge in [-0.3, -0.25) is 14.4 Å². The van der Waals surface area contributed by atoms with Crippen molar-refractivity contribution in [1.29, 1.82) is 0 Å². The normalized spacial score (nSPS) is 13.6. The summed E-state index contributed by atoms with van der Waals surface area (Å²) in [5, 5.41) is 0.440. The fraction of sp³-hybridized carbons (Fsp3) is 0.750. The molecule has 1 aliphatic rings. The Balaban J connectivity index is 0. The molecule has 0 saturated carbocycles. The molecule has 0 aliphatic carbocycles. The highest BCUT2D eigenvalue weighted by Gasteiger charge is 2.33. The number of carbonyl (C=O) groups is 3. The van der Waals surface area contributed by atoms with Crippen molar-refractivity contribution in [2.75, 3.05) is 19.8 Å². The minimum absolute atomic E-state index is 0. The second-order valence-corrected chi connectivity index (χ2v) is 3.38. The van der Waals surface area contributed by atoms with Crippen LogP contribution in [0.2, 0.25) is 0 Å². The van der Waals surface area contributed by atoms with Gasteiger partial charge in [-0.05, 0) is 6.42 Å². The Bertz CT molecular complexity index is 289. The lowest BCUT2D eigenvalue weighted by molar-refractivity contribution is -0.177. The number of rotatable bonds is 6. The van der Waals surface area contributed by atoms with Gasteiger partial charge in [-0.2, -0.15) is 0 Å². The number of ether oxygens (including phenoxy) is 2. The molecule has 7 nitrogen and oxygen atoms in total. The van der Waals surface area contributed by atoms with Gasteiger partial charge in [0.25, 0.3) is 11.8 Å². The summed E-state index contributed by atoms with van der Waals surface area (Å²) in [5.41, 5.74) is 0.